The molecule has 2 aromatic rings. The molecule has 0 fully saturated rings. The number of hydrogen-bond acceptors (Lipinski definition) is 5. The van der Waals surface area contributed by atoms with Crippen LogP contribution >= 0.6 is 15.9 Å². The number of anilines is 1. The van der Waals surface area contributed by atoms with Crippen LogP contribution < -0.4 is 19.5 Å². The maximum Gasteiger partial charge on any atom is 0.266 e. The van der Waals surface area contributed by atoms with Crippen LogP contribution in [0.3, 0.4) is 0 Å². The first-order chi connectivity index (χ1) is 14.0. The zero-order valence-corrected chi connectivity index (χ0v) is 17.8. The molecule has 1 amide bonds. The molecule has 29 heavy (non-hydrogen) atoms. The molecule has 1 N–H and O–H groups in total. The van der Waals surface area contributed by atoms with Crippen molar-refractivity contribution in [1.82, 2.24) is 0 Å². The van der Waals surface area contributed by atoms with Crippen LogP contribution in [0.2, 0.25) is 0 Å². The molecule has 0 unspecified atom stereocenters. The molecule has 0 saturated heterocycles. The number of halogens is 1. The van der Waals surface area contributed by atoms with Gasteiger partial charge in [0.05, 0.1) is 18.2 Å². The van der Waals surface area contributed by atoms with Crippen molar-refractivity contribution in [2.45, 2.75) is 6.92 Å². The Morgan fingerprint density at radius 1 is 1.31 bits per heavy atom. The molecule has 2 rings (SSSR count). The van der Waals surface area contributed by atoms with Gasteiger partial charge < -0.3 is 19.5 Å². The van der Waals surface area contributed by atoms with Crippen molar-refractivity contribution in [3.8, 4) is 23.3 Å². The number of carbonyl (C=O) groups excluding carboxylic acids is 1. The number of nitrogens with one attached hydrogen (secondary N) is 1. The average Bonchev–Trinajstić information content (AvgIpc) is 2.71. The maximum atomic E-state index is 12.5. The summed E-state index contributed by atoms with van der Waals surface area (Å²) in [5.41, 5.74) is 1.09. The number of hydrogen-bond donors (Lipinski definition) is 1. The smallest absolute Gasteiger partial charge is 0.266 e. The zero-order chi connectivity index (χ0) is 21.2. The van der Waals surface area contributed by atoms with E-state index in [1.165, 1.54) is 13.2 Å². The summed E-state index contributed by atoms with van der Waals surface area (Å²) < 4.78 is 17.0. The maximum absolute atomic E-state index is 12.5. The Hall–Kier alpha value is -3.24. The van der Waals surface area contributed by atoms with Gasteiger partial charge in [-0.2, -0.15) is 5.26 Å². The highest BCUT2D eigenvalue weighted by atomic mass is 79.9. The SMILES string of the molecule is C=CCOc1c(Br)cc(/C=C(\C#N)C(=O)Nc2cccc(OCC)c2)cc1OC. The lowest BCUT2D eigenvalue weighted by Gasteiger charge is -2.12. The van der Waals surface area contributed by atoms with Crippen LogP contribution in [0.1, 0.15) is 12.5 Å². The summed E-state index contributed by atoms with van der Waals surface area (Å²) in [7, 11) is 1.51. The number of nitriles is 1. The Labute approximate surface area is 178 Å². The van der Waals surface area contributed by atoms with E-state index in [4.69, 9.17) is 14.2 Å². The molecule has 0 aromatic heterocycles. The molecule has 0 spiro atoms. The summed E-state index contributed by atoms with van der Waals surface area (Å²) in [6, 6.07) is 12.3. The number of ether oxygens (including phenoxy) is 3. The van der Waals surface area contributed by atoms with Crippen LogP contribution in [0.5, 0.6) is 17.2 Å². The second kappa shape index (κ2) is 10.9. The molecular weight excluding hydrogens is 436 g/mol. The monoisotopic (exact) mass is 456 g/mol. The summed E-state index contributed by atoms with van der Waals surface area (Å²) >= 11 is 3.43. The number of rotatable bonds is 9. The van der Waals surface area contributed by atoms with Crippen molar-refractivity contribution in [1.29, 1.82) is 5.26 Å². The Morgan fingerprint density at radius 2 is 2.10 bits per heavy atom. The number of nitrogens with zero attached hydrogens (tertiary/aromatic N) is 1. The minimum Gasteiger partial charge on any atom is -0.494 e. The Morgan fingerprint density at radius 3 is 2.76 bits per heavy atom. The summed E-state index contributed by atoms with van der Waals surface area (Å²) in [5, 5.41) is 12.2. The van der Waals surface area contributed by atoms with Gasteiger partial charge in [-0.15, -0.1) is 0 Å². The Balaban J connectivity index is 2.27. The predicted molar refractivity (Wildman–Crippen MR) is 116 cm³/mol. The van der Waals surface area contributed by atoms with E-state index < -0.39 is 5.91 Å². The van der Waals surface area contributed by atoms with Crippen molar-refractivity contribution in [3.63, 3.8) is 0 Å². The summed E-state index contributed by atoms with van der Waals surface area (Å²) in [5.74, 6) is 1.09. The van der Waals surface area contributed by atoms with Crippen molar-refractivity contribution in [2.24, 2.45) is 0 Å². The van der Waals surface area contributed by atoms with Crippen molar-refractivity contribution in [2.75, 3.05) is 25.6 Å². The Bertz CT molecular complexity index is 964. The van der Waals surface area contributed by atoms with E-state index in [1.54, 1.807) is 42.5 Å². The molecule has 0 bridgehead atoms. The van der Waals surface area contributed by atoms with Crippen LogP contribution in [0.15, 0.2) is 59.1 Å². The molecule has 0 aliphatic heterocycles. The third-order valence-corrected chi connectivity index (χ3v) is 4.27. The fourth-order valence-corrected chi connectivity index (χ4v) is 3.02. The molecule has 0 heterocycles. The molecule has 2 aromatic carbocycles. The molecule has 150 valence electrons. The first kappa shape index (κ1) is 22.1. The topological polar surface area (TPSA) is 80.6 Å². The number of benzene rings is 2. The summed E-state index contributed by atoms with van der Waals surface area (Å²) in [4.78, 5) is 12.5. The first-order valence-electron chi connectivity index (χ1n) is 8.79. The average molecular weight is 457 g/mol. The lowest BCUT2D eigenvalue weighted by atomic mass is 10.1. The second-order valence-corrected chi connectivity index (χ2v) is 6.57. The van der Waals surface area contributed by atoms with Gasteiger partial charge in [-0.3, -0.25) is 4.79 Å². The van der Waals surface area contributed by atoms with E-state index >= 15 is 0 Å². The van der Waals surface area contributed by atoms with E-state index in [-0.39, 0.29) is 5.57 Å². The van der Waals surface area contributed by atoms with Gasteiger partial charge in [0.2, 0.25) is 0 Å². The highest BCUT2D eigenvalue weighted by molar-refractivity contribution is 9.10. The molecule has 0 saturated carbocycles. The van der Waals surface area contributed by atoms with Crippen LogP contribution in [0.4, 0.5) is 5.69 Å². The Kier molecular flexibility index (Phi) is 8.31. The quantitative estimate of drug-likeness (QED) is 0.327. The van der Waals surface area contributed by atoms with E-state index in [1.807, 2.05) is 13.0 Å². The van der Waals surface area contributed by atoms with E-state index in [0.29, 0.717) is 46.2 Å². The van der Waals surface area contributed by atoms with Crippen molar-refractivity contribution < 1.29 is 19.0 Å². The molecule has 0 radical (unpaired) electrons. The standard InChI is InChI=1S/C22H21BrN2O4/c1-4-9-29-21-19(23)11-15(12-20(21)27-3)10-16(14-24)22(26)25-17-7-6-8-18(13-17)28-5-2/h4,6-8,10-13H,1,5,9H2,2-3H3,(H,25,26)/b16-10+. The molecular formula is C22H21BrN2O4. The van der Waals surface area contributed by atoms with Gasteiger partial charge in [-0.1, -0.05) is 18.7 Å². The first-order valence-corrected chi connectivity index (χ1v) is 9.58. The minimum atomic E-state index is -0.525. The fourth-order valence-electron chi connectivity index (χ4n) is 2.45. The summed E-state index contributed by atoms with van der Waals surface area (Å²) in [6.45, 7) is 6.33. The molecule has 0 aliphatic carbocycles. The van der Waals surface area contributed by atoms with Crippen LogP contribution in [0, 0.1) is 11.3 Å². The van der Waals surface area contributed by atoms with Gasteiger partial charge in [0.1, 0.15) is 24.0 Å². The lowest BCUT2D eigenvalue weighted by Crippen LogP contribution is -2.13. The van der Waals surface area contributed by atoms with Gasteiger partial charge >= 0.3 is 0 Å². The van der Waals surface area contributed by atoms with Crippen LogP contribution in [0.25, 0.3) is 6.08 Å². The largest absolute Gasteiger partial charge is 0.494 e. The fraction of sp³-hybridized carbons (Fsp3) is 0.182. The third kappa shape index (κ3) is 6.13. The highest BCUT2D eigenvalue weighted by Gasteiger charge is 2.14. The van der Waals surface area contributed by atoms with E-state index in [0.717, 1.165) is 0 Å². The van der Waals surface area contributed by atoms with E-state index in [9.17, 15) is 10.1 Å². The lowest BCUT2D eigenvalue weighted by molar-refractivity contribution is -0.112. The third-order valence-electron chi connectivity index (χ3n) is 3.68. The van der Waals surface area contributed by atoms with Gasteiger partial charge in [0, 0.05) is 11.8 Å². The second-order valence-electron chi connectivity index (χ2n) is 5.72. The molecule has 6 nitrogen and oxygen atoms in total. The minimum absolute atomic E-state index is 0.0551. The number of methoxy groups -OCH3 is 1. The van der Waals surface area contributed by atoms with Gasteiger partial charge in [-0.05, 0) is 58.8 Å². The molecule has 7 heteroatoms. The summed E-state index contributed by atoms with van der Waals surface area (Å²) in [6.07, 6.45) is 3.10. The molecule has 0 aliphatic rings. The van der Waals surface area contributed by atoms with Crippen molar-refractivity contribution >= 4 is 33.6 Å². The van der Waals surface area contributed by atoms with Gasteiger partial charge in [0.25, 0.3) is 5.91 Å². The van der Waals surface area contributed by atoms with Crippen LogP contribution in [-0.2, 0) is 4.79 Å². The van der Waals surface area contributed by atoms with Gasteiger partial charge in [0.15, 0.2) is 11.5 Å². The number of amides is 1. The predicted octanol–water partition coefficient (Wildman–Crippen LogP) is 4.97. The normalized spacial score (nSPS) is 10.6. The molecule has 0 atom stereocenters. The van der Waals surface area contributed by atoms with Crippen LogP contribution in [-0.4, -0.2) is 26.2 Å². The van der Waals surface area contributed by atoms with Crippen molar-refractivity contribution in [3.05, 3.63) is 64.7 Å². The van der Waals surface area contributed by atoms with Gasteiger partial charge in [-0.25, -0.2) is 0 Å². The van der Waals surface area contributed by atoms with E-state index in [2.05, 4.69) is 27.8 Å². The highest BCUT2D eigenvalue weighted by Crippen LogP contribution is 2.37. The zero-order valence-electron chi connectivity index (χ0n) is 16.2. The number of carbonyl (C=O) groups is 1.